The number of carbonyl (C=O) groups excluding carboxylic acids is 1. The van der Waals surface area contributed by atoms with Crippen molar-refractivity contribution in [3.8, 4) is 0 Å². The molecule has 1 fully saturated rings. The lowest BCUT2D eigenvalue weighted by molar-refractivity contribution is 0.102. The van der Waals surface area contributed by atoms with Crippen LogP contribution in [0.3, 0.4) is 0 Å². The molecule has 6 heteroatoms. The molecule has 1 aliphatic carbocycles. The van der Waals surface area contributed by atoms with Crippen molar-refractivity contribution in [2.45, 2.75) is 32.2 Å². The van der Waals surface area contributed by atoms with E-state index in [4.69, 9.17) is 5.73 Å². The van der Waals surface area contributed by atoms with Gasteiger partial charge in [0.25, 0.3) is 0 Å². The molecule has 0 spiro atoms. The number of ketones is 1. The van der Waals surface area contributed by atoms with Gasteiger partial charge in [-0.25, -0.2) is 0 Å². The van der Waals surface area contributed by atoms with Gasteiger partial charge in [0.1, 0.15) is 0 Å². The first-order valence-corrected chi connectivity index (χ1v) is 7.63. The molecule has 3 N–H and O–H groups in total. The second-order valence-corrected chi connectivity index (χ2v) is 6.13. The zero-order chi connectivity index (χ0) is 14.1. The molecule has 0 radical (unpaired) electrons. The molecule has 106 valence electrons. The first kappa shape index (κ1) is 13.2. The number of hydrogen-bond donors (Lipinski definition) is 2. The number of aromatic nitrogens is 2. The van der Waals surface area contributed by atoms with Gasteiger partial charge < -0.3 is 11.1 Å². The van der Waals surface area contributed by atoms with Gasteiger partial charge in [0.15, 0.2) is 5.78 Å². The number of Topliss-reactive ketones (excluding diaryl/α,β-unsaturated/α-hetero) is 1. The molecule has 0 bridgehead atoms. The highest BCUT2D eigenvalue weighted by Gasteiger charge is 2.32. The maximum absolute atomic E-state index is 11.6. The molecule has 0 amide bonds. The van der Waals surface area contributed by atoms with E-state index in [2.05, 4.69) is 10.4 Å². The average Bonchev–Trinajstić information content (AvgIpc) is 2.98. The second kappa shape index (κ2) is 5.28. The standard InChI is InChI=1S/C14H18N4OS/c1-9(19)13-12(15)11(10-3-4-10)14(20-13)16-6-8-18-7-2-5-17-18/h2,5,7,10,16H,3-4,6,8,15H2,1H3. The fraction of sp³-hybridized carbons (Fsp3) is 0.429. The molecule has 20 heavy (non-hydrogen) atoms. The number of nitrogens with one attached hydrogen (secondary N) is 1. The molecule has 0 saturated heterocycles. The number of nitrogens with two attached hydrogens (primary N) is 1. The molecular weight excluding hydrogens is 272 g/mol. The Morgan fingerprint density at radius 3 is 3.00 bits per heavy atom. The van der Waals surface area contributed by atoms with E-state index in [0.29, 0.717) is 16.5 Å². The van der Waals surface area contributed by atoms with Crippen LogP contribution in [0.1, 0.15) is 40.9 Å². The van der Waals surface area contributed by atoms with Gasteiger partial charge in [0.2, 0.25) is 0 Å². The topological polar surface area (TPSA) is 72.9 Å². The Morgan fingerprint density at radius 1 is 1.60 bits per heavy atom. The van der Waals surface area contributed by atoms with Crippen molar-refractivity contribution in [1.29, 1.82) is 0 Å². The molecule has 1 saturated carbocycles. The van der Waals surface area contributed by atoms with Gasteiger partial charge >= 0.3 is 0 Å². The highest BCUT2D eigenvalue weighted by atomic mass is 32.1. The maximum Gasteiger partial charge on any atom is 0.171 e. The largest absolute Gasteiger partial charge is 0.397 e. The zero-order valence-corrected chi connectivity index (χ0v) is 12.2. The van der Waals surface area contributed by atoms with Crippen molar-refractivity contribution >= 4 is 27.8 Å². The lowest BCUT2D eigenvalue weighted by Crippen LogP contribution is -2.10. The van der Waals surface area contributed by atoms with Crippen molar-refractivity contribution in [2.75, 3.05) is 17.6 Å². The quantitative estimate of drug-likeness (QED) is 0.802. The normalized spacial score (nSPS) is 14.4. The minimum Gasteiger partial charge on any atom is -0.397 e. The van der Waals surface area contributed by atoms with E-state index in [0.717, 1.165) is 23.7 Å². The molecule has 2 aromatic heterocycles. The molecule has 2 aromatic rings. The van der Waals surface area contributed by atoms with E-state index in [1.165, 1.54) is 24.2 Å². The predicted molar refractivity (Wildman–Crippen MR) is 81.4 cm³/mol. The molecule has 0 atom stereocenters. The molecule has 0 unspecified atom stereocenters. The highest BCUT2D eigenvalue weighted by Crippen LogP contribution is 2.50. The number of nitrogens with zero attached hydrogens (tertiary/aromatic N) is 2. The Labute approximate surface area is 121 Å². The number of carbonyl (C=O) groups is 1. The number of thiophene rings is 1. The smallest absolute Gasteiger partial charge is 0.171 e. The summed E-state index contributed by atoms with van der Waals surface area (Å²) in [5.74, 6) is 0.584. The Balaban J connectivity index is 1.74. The van der Waals surface area contributed by atoms with Crippen LogP contribution in [0.5, 0.6) is 0 Å². The summed E-state index contributed by atoms with van der Waals surface area (Å²) in [6.07, 6.45) is 6.05. The van der Waals surface area contributed by atoms with Gasteiger partial charge in [-0.3, -0.25) is 9.48 Å². The van der Waals surface area contributed by atoms with Crippen LogP contribution in [-0.2, 0) is 6.54 Å². The lowest BCUT2D eigenvalue weighted by atomic mass is 10.1. The van der Waals surface area contributed by atoms with Crippen molar-refractivity contribution in [2.24, 2.45) is 0 Å². The van der Waals surface area contributed by atoms with E-state index in [1.807, 2.05) is 16.9 Å². The SMILES string of the molecule is CC(=O)c1sc(NCCn2cccn2)c(C2CC2)c1N. The summed E-state index contributed by atoms with van der Waals surface area (Å²) >= 11 is 1.48. The first-order valence-electron chi connectivity index (χ1n) is 6.81. The van der Waals surface area contributed by atoms with Gasteiger partial charge in [-0.1, -0.05) is 0 Å². The van der Waals surface area contributed by atoms with Crippen molar-refractivity contribution in [1.82, 2.24) is 9.78 Å². The van der Waals surface area contributed by atoms with Crippen LogP contribution in [0, 0.1) is 0 Å². The minimum atomic E-state index is 0.0505. The average molecular weight is 290 g/mol. The van der Waals surface area contributed by atoms with Crippen LogP contribution >= 0.6 is 11.3 Å². The minimum absolute atomic E-state index is 0.0505. The van der Waals surface area contributed by atoms with Gasteiger partial charge in [-0.05, 0) is 24.8 Å². The monoisotopic (exact) mass is 290 g/mol. The van der Waals surface area contributed by atoms with E-state index in [9.17, 15) is 4.79 Å². The summed E-state index contributed by atoms with van der Waals surface area (Å²) in [4.78, 5) is 12.3. The Bertz CT molecular complexity index is 613. The first-order chi connectivity index (χ1) is 9.66. The van der Waals surface area contributed by atoms with Gasteiger partial charge in [0.05, 0.1) is 22.1 Å². The number of anilines is 2. The van der Waals surface area contributed by atoms with Crippen LogP contribution < -0.4 is 11.1 Å². The number of hydrogen-bond acceptors (Lipinski definition) is 5. The van der Waals surface area contributed by atoms with Gasteiger partial charge in [-0.15, -0.1) is 11.3 Å². The van der Waals surface area contributed by atoms with Crippen molar-refractivity contribution in [3.63, 3.8) is 0 Å². The fourth-order valence-electron chi connectivity index (χ4n) is 2.34. The van der Waals surface area contributed by atoms with E-state index in [1.54, 1.807) is 13.1 Å². The number of nitrogen functional groups attached to an aromatic ring is 1. The third-order valence-electron chi connectivity index (χ3n) is 3.47. The summed E-state index contributed by atoms with van der Waals surface area (Å²) in [7, 11) is 0. The molecule has 2 heterocycles. The van der Waals surface area contributed by atoms with E-state index in [-0.39, 0.29) is 5.78 Å². The third kappa shape index (κ3) is 2.56. The van der Waals surface area contributed by atoms with E-state index < -0.39 is 0 Å². The van der Waals surface area contributed by atoms with Crippen LogP contribution in [0.15, 0.2) is 18.5 Å². The highest BCUT2D eigenvalue weighted by molar-refractivity contribution is 7.18. The fourth-order valence-corrected chi connectivity index (χ4v) is 3.47. The van der Waals surface area contributed by atoms with Crippen LogP contribution in [0.2, 0.25) is 0 Å². The van der Waals surface area contributed by atoms with Crippen molar-refractivity contribution in [3.05, 3.63) is 28.9 Å². The Kier molecular flexibility index (Phi) is 3.48. The molecule has 1 aliphatic rings. The number of rotatable bonds is 6. The zero-order valence-electron chi connectivity index (χ0n) is 11.4. The second-order valence-electron chi connectivity index (χ2n) is 5.11. The Hall–Kier alpha value is -1.82. The molecular formula is C14H18N4OS. The van der Waals surface area contributed by atoms with Gasteiger partial charge in [-0.2, -0.15) is 5.10 Å². The summed E-state index contributed by atoms with van der Waals surface area (Å²) in [5, 5.41) is 8.64. The summed E-state index contributed by atoms with van der Waals surface area (Å²) in [5.41, 5.74) is 7.98. The van der Waals surface area contributed by atoms with Crippen LogP contribution in [0.25, 0.3) is 0 Å². The Morgan fingerprint density at radius 2 is 2.40 bits per heavy atom. The van der Waals surface area contributed by atoms with Crippen molar-refractivity contribution < 1.29 is 4.79 Å². The lowest BCUT2D eigenvalue weighted by Gasteiger charge is -2.07. The van der Waals surface area contributed by atoms with Gasteiger partial charge in [0, 0.05) is 31.4 Å². The molecule has 5 nitrogen and oxygen atoms in total. The molecule has 3 rings (SSSR count). The summed E-state index contributed by atoms with van der Waals surface area (Å²) < 4.78 is 1.88. The summed E-state index contributed by atoms with van der Waals surface area (Å²) in [6.45, 7) is 3.15. The van der Waals surface area contributed by atoms with E-state index >= 15 is 0 Å². The van der Waals surface area contributed by atoms with Crippen LogP contribution in [0.4, 0.5) is 10.7 Å². The summed E-state index contributed by atoms with van der Waals surface area (Å²) in [6, 6.07) is 1.91. The molecule has 0 aromatic carbocycles. The maximum atomic E-state index is 11.6. The third-order valence-corrected chi connectivity index (χ3v) is 4.75. The molecule has 0 aliphatic heterocycles. The van der Waals surface area contributed by atoms with Crippen LogP contribution in [-0.4, -0.2) is 22.1 Å². The predicted octanol–water partition coefficient (Wildman–Crippen LogP) is 2.72.